The maximum atomic E-state index is 5.26. The van der Waals surface area contributed by atoms with Crippen LogP contribution >= 0.6 is 0 Å². The molecule has 0 aromatic rings. The number of ether oxygens (including phenoxy) is 2. The zero-order chi connectivity index (χ0) is 6.41. The van der Waals surface area contributed by atoms with Crippen molar-refractivity contribution in [3.63, 3.8) is 0 Å². The molecule has 0 aliphatic rings. The molecule has 1 unspecified atom stereocenters. The van der Waals surface area contributed by atoms with Gasteiger partial charge in [0, 0.05) is 20.8 Å². The summed E-state index contributed by atoms with van der Waals surface area (Å²) in [5.74, 6) is 0. The van der Waals surface area contributed by atoms with Crippen LogP contribution in [0.4, 0.5) is 0 Å². The number of rotatable bonds is 4. The van der Waals surface area contributed by atoms with Gasteiger partial charge in [-0.1, -0.05) is 0 Å². The second-order valence-corrected chi connectivity index (χ2v) is 1.55. The molecule has 1 atom stereocenters. The van der Waals surface area contributed by atoms with E-state index < -0.39 is 0 Å². The highest BCUT2D eigenvalue weighted by molar-refractivity contribution is 4.53. The van der Waals surface area contributed by atoms with Crippen LogP contribution in [0.15, 0.2) is 0 Å². The van der Waals surface area contributed by atoms with E-state index in [4.69, 9.17) is 15.2 Å². The summed E-state index contributed by atoms with van der Waals surface area (Å²) in [6, 6.07) is 0. The Balaban J connectivity index is 3.07. The second-order valence-electron chi connectivity index (χ2n) is 1.55. The quantitative estimate of drug-likeness (QED) is 0.548. The molecule has 0 fully saturated rings. The summed E-state index contributed by atoms with van der Waals surface area (Å²) in [5, 5.41) is 0. The molecule has 0 radical (unpaired) electrons. The Bertz CT molecular complexity index is 45.7. The SMILES string of the molecule is COCC(CN)OC. The van der Waals surface area contributed by atoms with Gasteiger partial charge in [0.25, 0.3) is 0 Å². The fourth-order valence-electron chi connectivity index (χ4n) is 0.418. The van der Waals surface area contributed by atoms with E-state index in [0.29, 0.717) is 13.2 Å². The van der Waals surface area contributed by atoms with Crippen molar-refractivity contribution in [2.75, 3.05) is 27.4 Å². The van der Waals surface area contributed by atoms with Crippen molar-refractivity contribution in [2.45, 2.75) is 6.10 Å². The van der Waals surface area contributed by atoms with E-state index in [1.54, 1.807) is 14.2 Å². The second kappa shape index (κ2) is 5.03. The van der Waals surface area contributed by atoms with Gasteiger partial charge in [0.15, 0.2) is 0 Å². The van der Waals surface area contributed by atoms with Crippen molar-refractivity contribution in [3.8, 4) is 0 Å². The van der Waals surface area contributed by atoms with Crippen LogP contribution in [0.3, 0.4) is 0 Å². The summed E-state index contributed by atoms with van der Waals surface area (Å²) in [4.78, 5) is 0. The Hall–Kier alpha value is -0.120. The minimum atomic E-state index is 0.0556. The van der Waals surface area contributed by atoms with Crippen molar-refractivity contribution < 1.29 is 9.47 Å². The Kier molecular flexibility index (Phi) is 4.95. The minimum absolute atomic E-state index is 0.0556. The van der Waals surface area contributed by atoms with Gasteiger partial charge in [-0.05, 0) is 0 Å². The smallest absolute Gasteiger partial charge is 0.0926 e. The van der Waals surface area contributed by atoms with Crippen molar-refractivity contribution in [3.05, 3.63) is 0 Å². The van der Waals surface area contributed by atoms with Crippen molar-refractivity contribution in [1.29, 1.82) is 0 Å². The van der Waals surface area contributed by atoms with Gasteiger partial charge in [-0.15, -0.1) is 0 Å². The van der Waals surface area contributed by atoms with Gasteiger partial charge >= 0.3 is 0 Å². The van der Waals surface area contributed by atoms with Crippen molar-refractivity contribution in [2.24, 2.45) is 5.73 Å². The van der Waals surface area contributed by atoms with Crippen molar-refractivity contribution >= 4 is 0 Å². The average Bonchev–Trinajstić information content (AvgIpc) is 1.83. The molecule has 0 amide bonds. The fraction of sp³-hybridized carbons (Fsp3) is 1.00. The predicted octanol–water partition coefficient (Wildman–Crippen LogP) is -0.393. The van der Waals surface area contributed by atoms with E-state index >= 15 is 0 Å². The van der Waals surface area contributed by atoms with Crippen LogP contribution < -0.4 is 5.73 Å². The Morgan fingerprint density at radius 2 is 2.12 bits per heavy atom. The first-order valence-corrected chi connectivity index (χ1v) is 2.57. The third-order valence-corrected chi connectivity index (χ3v) is 0.949. The maximum Gasteiger partial charge on any atom is 0.0926 e. The molecule has 0 bridgehead atoms. The zero-order valence-electron chi connectivity index (χ0n) is 5.39. The summed E-state index contributed by atoms with van der Waals surface area (Å²) < 4.78 is 9.67. The summed E-state index contributed by atoms with van der Waals surface area (Å²) in [6.45, 7) is 1.09. The maximum absolute atomic E-state index is 5.26. The summed E-state index contributed by atoms with van der Waals surface area (Å²) in [6.07, 6.45) is 0.0556. The lowest BCUT2D eigenvalue weighted by Gasteiger charge is -2.09. The molecule has 0 rings (SSSR count). The molecular formula is C5H13NO2. The Morgan fingerprint density at radius 3 is 2.25 bits per heavy atom. The number of methoxy groups -OCH3 is 2. The third kappa shape index (κ3) is 2.96. The monoisotopic (exact) mass is 119 g/mol. The van der Waals surface area contributed by atoms with Crippen LogP contribution in [0.25, 0.3) is 0 Å². The molecule has 3 nitrogen and oxygen atoms in total. The molecule has 0 aliphatic carbocycles. The molecule has 0 aromatic heterocycles. The molecule has 3 heteroatoms. The van der Waals surface area contributed by atoms with Gasteiger partial charge < -0.3 is 15.2 Å². The topological polar surface area (TPSA) is 44.5 Å². The Labute approximate surface area is 49.8 Å². The van der Waals surface area contributed by atoms with Crippen LogP contribution in [0.5, 0.6) is 0 Å². The van der Waals surface area contributed by atoms with E-state index in [2.05, 4.69) is 0 Å². The number of hydrogen-bond donors (Lipinski definition) is 1. The number of hydrogen-bond acceptors (Lipinski definition) is 3. The van der Waals surface area contributed by atoms with Crippen LogP contribution in [-0.2, 0) is 9.47 Å². The molecule has 0 aromatic carbocycles. The van der Waals surface area contributed by atoms with E-state index in [1.165, 1.54) is 0 Å². The lowest BCUT2D eigenvalue weighted by atomic mass is 10.4. The van der Waals surface area contributed by atoms with Gasteiger partial charge in [-0.2, -0.15) is 0 Å². The number of nitrogens with two attached hydrogens (primary N) is 1. The minimum Gasteiger partial charge on any atom is -0.382 e. The normalized spacial score (nSPS) is 13.9. The lowest BCUT2D eigenvalue weighted by molar-refractivity contribution is 0.0341. The lowest BCUT2D eigenvalue weighted by Crippen LogP contribution is -2.26. The molecular weight excluding hydrogens is 106 g/mol. The first-order valence-electron chi connectivity index (χ1n) is 2.57. The van der Waals surface area contributed by atoms with Crippen LogP contribution in [0.2, 0.25) is 0 Å². The van der Waals surface area contributed by atoms with E-state index in [-0.39, 0.29) is 6.10 Å². The predicted molar refractivity (Wildman–Crippen MR) is 31.7 cm³/mol. The highest BCUT2D eigenvalue weighted by Crippen LogP contribution is 1.84. The third-order valence-electron chi connectivity index (χ3n) is 0.949. The zero-order valence-corrected chi connectivity index (χ0v) is 5.39. The summed E-state index contributed by atoms with van der Waals surface area (Å²) in [7, 11) is 3.25. The molecule has 0 spiro atoms. The molecule has 50 valence electrons. The highest BCUT2D eigenvalue weighted by atomic mass is 16.5. The molecule has 0 heterocycles. The molecule has 8 heavy (non-hydrogen) atoms. The molecule has 0 saturated carbocycles. The van der Waals surface area contributed by atoms with Crippen LogP contribution in [0.1, 0.15) is 0 Å². The van der Waals surface area contributed by atoms with Crippen LogP contribution in [-0.4, -0.2) is 33.5 Å². The fourth-order valence-corrected chi connectivity index (χ4v) is 0.418. The van der Waals surface area contributed by atoms with Crippen molar-refractivity contribution in [1.82, 2.24) is 0 Å². The summed E-state index contributed by atoms with van der Waals surface area (Å²) >= 11 is 0. The largest absolute Gasteiger partial charge is 0.382 e. The van der Waals surface area contributed by atoms with E-state index in [1.807, 2.05) is 0 Å². The average molecular weight is 119 g/mol. The highest BCUT2D eigenvalue weighted by Gasteiger charge is 2.00. The van der Waals surface area contributed by atoms with Gasteiger partial charge in [0.05, 0.1) is 12.7 Å². The van der Waals surface area contributed by atoms with E-state index in [0.717, 1.165) is 0 Å². The van der Waals surface area contributed by atoms with Gasteiger partial charge in [-0.3, -0.25) is 0 Å². The van der Waals surface area contributed by atoms with E-state index in [9.17, 15) is 0 Å². The van der Waals surface area contributed by atoms with Gasteiger partial charge in [-0.25, -0.2) is 0 Å². The Morgan fingerprint density at radius 1 is 1.50 bits per heavy atom. The molecule has 0 saturated heterocycles. The standard InChI is InChI=1S/C5H13NO2/c1-7-4-5(3-6)8-2/h5H,3-4,6H2,1-2H3. The molecule has 2 N–H and O–H groups in total. The van der Waals surface area contributed by atoms with Crippen LogP contribution in [0, 0.1) is 0 Å². The first-order chi connectivity index (χ1) is 3.85. The van der Waals surface area contributed by atoms with Gasteiger partial charge in [0.2, 0.25) is 0 Å². The van der Waals surface area contributed by atoms with Gasteiger partial charge in [0.1, 0.15) is 0 Å². The molecule has 0 aliphatic heterocycles. The first kappa shape index (κ1) is 7.88. The summed E-state index contributed by atoms with van der Waals surface area (Å²) in [5.41, 5.74) is 5.26.